The third-order valence-corrected chi connectivity index (χ3v) is 12.5. The number of rotatable bonds is 7. The first-order chi connectivity index (χ1) is 30.7. The van der Waals surface area contributed by atoms with E-state index in [0.717, 1.165) is 16.9 Å². The summed E-state index contributed by atoms with van der Waals surface area (Å²) in [6.45, 7) is 0. The zero-order chi connectivity index (χ0) is 41.0. The molecule has 12 rings (SSSR count). The molecule has 0 amide bonds. The minimum atomic E-state index is 1.14. The molecule has 0 aliphatic heterocycles. The average Bonchev–Trinajstić information content (AvgIpc) is 3.87. The second-order valence-electron chi connectivity index (χ2n) is 16.1. The van der Waals surface area contributed by atoms with Crippen LogP contribution in [-0.4, -0.2) is 9.13 Å². The van der Waals surface area contributed by atoms with E-state index in [4.69, 9.17) is 0 Å². The Hall–Kier alpha value is -8.20. The Morgan fingerprint density at radius 2 is 0.597 bits per heavy atom. The van der Waals surface area contributed by atoms with E-state index in [9.17, 15) is 0 Å². The fraction of sp³-hybridized carbons (Fsp3) is 0. The van der Waals surface area contributed by atoms with E-state index in [0.29, 0.717) is 0 Å². The summed E-state index contributed by atoms with van der Waals surface area (Å²) in [7, 11) is 0. The maximum atomic E-state index is 2.48. The number of benzene rings is 10. The van der Waals surface area contributed by atoms with Crippen LogP contribution >= 0.6 is 0 Å². The second kappa shape index (κ2) is 14.8. The van der Waals surface area contributed by atoms with Gasteiger partial charge in [0.25, 0.3) is 0 Å². The minimum absolute atomic E-state index is 1.14. The Kier molecular flexibility index (Phi) is 8.53. The smallest absolute Gasteiger partial charge is 0.0562 e. The first kappa shape index (κ1) is 35.7. The number of hydrogen-bond donors (Lipinski definition) is 0. The van der Waals surface area contributed by atoms with Crippen molar-refractivity contribution in [3.63, 3.8) is 0 Å². The quantitative estimate of drug-likeness (QED) is 0.152. The molecule has 0 aliphatic carbocycles. The molecule has 0 unspecified atom stereocenters. The molecule has 2 heteroatoms. The Morgan fingerprint density at radius 3 is 1.15 bits per heavy atom. The third-order valence-electron chi connectivity index (χ3n) is 12.5. The molecule has 62 heavy (non-hydrogen) atoms. The molecule has 0 N–H and O–H groups in total. The van der Waals surface area contributed by atoms with Gasteiger partial charge in [0.2, 0.25) is 0 Å². The van der Waals surface area contributed by atoms with Crippen LogP contribution < -0.4 is 0 Å². The molecule has 0 bridgehead atoms. The summed E-state index contributed by atoms with van der Waals surface area (Å²) >= 11 is 0. The molecule has 2 aromatic heterocycles. The first-order valence-electron chi connectivity index (χ1n) is 21.3. The average molecular weight is 789 g/mol. The van der Waals surface area contributed by atoms with Crippen LogP contribution in [0.5, 0.6) is 0 Å². The Morgan fingerprint density at radius 1 is 0.210 bits per heavy atom. The number of hydrogen-bond acceptors (Lipinski definition) is 0. The Bertz CT molecular complexity index is 3560. The van der Waals surface area contributed by atoms with Gasteiger partial charge in [0.05, 0.1) is 27.8 Å². The number of aromatic nitrogens is 2. The lowest BCUT2D eigenvalue weighted by Crippen LogP contribution is -1.99. The van der Waals surface area contributed by atoms with E-state index in [1.54, 1.807) is 0 Å². The van der Waals surface area contributed by atoms with Gasteiger partial charge >= 0.3 is 0 Å². The summed E-state index contributed by atoms with van der Waals surface area (Å²) in [5.74, 6) is 0. The molecule has 0 saturated carbocycles. The maximum Gasteiger partial charge on any atom is 0.0562 e. The fourth-order valence-electron chi connectivity index (χ4n) is 9.56. The normalized spacial score (nSPS) is 11.5. The molecule has 2 heterocycles. The van der Waals surface area contributed by atoms with Gasteiger partial charge in [-0.3, -0.25) is 0 Å². The Labute approximate surface area is 360 Å². The molecule has 0 aliphatic rings. The van der Waals surface area contributed by atoms with Crippen LogP contribution in [0.4, 0.5) is 0 Å². The Balaban J connectivity index is 1.01. The lowest BCUT2D eigenvalue weighted by molar-refractivity contribution is 1.16. The van der Waals surface area contributed by atoms with E-state index in [1.165, 1.54) is 93.7 Å². The minimum Gasteiger partial charge on any atom is -0.309 e. The van der Waals surface area contributed by atoms with Crippen LogP contribution in [0.3, 0.4) is 0 Å². The zero-order valence-corrected chi connectivity index (χ0v) is 34.0. The van der Waals surface area contributed by atoms with Crippen molar-refractivity contribution >= 4 is 43.6 Å². The molecule has 0 spiro atoms. The van der Waals surface area contributed by atoms with Crippen LogP contribution in [0.15, 0.2) is 243 Å². The number of para-hydroxylation sites is 3. The highest BCUT2D eigenvalue weighted by Crippen LogP contribution is 2.41. The first-order valence-corrected chi connectivity index (χ1v) is 21.3. The highest BCUT2D eigenvalue weighted by atomic mass is 15.0. The van der Waals surface area contributed by atoms with Gasteiger partial charge in [0, 0.05) is 32.8 Å². The van der Waals surface area contributed by atoms with E-state index < -0.39 is 0 Å². The summed E-state index contributed by atoms with van der Waals surface area (Å²) < 4.78 is 4.90. The molecule has 0 fully saturated rings. The topological polar surface area (TPSA) is 9.86 Å². The summed E-state index contributed by atoms with van der Waals surface area (Å²) in [6, 6.07) is 88.5. The summed E-state index contributed by atoms with van der Waals surface area (Å²) in [5.41, 5.74) is 19.0. The predicted molar refractivity (Wildman–Crippen MR) is 262 cm³/mol. The number of nitrogens with zero attached hydrogens (tertiary/aromatic N) is 2. The standard InChI is InChI=1S/C60H40N2/c1-3-15-41(16-4-1)45-19-13-21-47(37-45)48-22-14-20-46(38-48)43-29-31-44(32-30-43)55-39-49(42-17-5-2-6-18-42)33-36-59(55)62-58-28-12-9-25-53(58)54-35-34-50(40-60(54)62)61-56-26-10-7-23-51(56)52-24-8-11-27-57(52)61/h1-40H. The van der Waals surface area contributed by atoms with Gasteiger partial charge in [-0.05, 0) is 105 Å². The molecule has 0 saturated heterocycles. The molecular weight excluding hydrogens is 749 g/mol. The molecule has 0 radical (unpaired) electrons. The second-order valence-corrected chi connectivity index (χ2v) is 16.1. The van der Waals surface area contributed by atoms with Crippen molar-refractivity contribution in [1.82, 2.24) is 9.13 Å². The molecule has 0 atom stereocenters. The molecule has 290 valence electrons. The number of fused-ring (bicyclic) bond motifs is 6. The van der Waals surface area contributed by atoms with Crippen molar-refractivity contribution in [1.29, 1.82) is 0 Å². The van der Waals surface area contributed by atoms with Gasteiger partial charge in [-0.25, -0.2) is 0 Å². The van der Waals surface area contributed by atoms with Crippen LogP contribution in [0.1, 0.15) is 0 Å². The molecule has 2 nitrogen and oxygen atoms in total. The largest absolute Gasteiger partial charge is 0.309 e. The van der Waals surface area contributed by atoms with Crippen LogP contribution in [-0.2, 0) is 0 Å². The highest BCUT2D eigenvalue weighted by Gasteiger charge is 2.19. The monoisotopic (exact) mass is 788 g/mol. The maximum absolute atomic E-state index is 2.48. The van der Waals surface area contributed by atoms with Crippen LogP contribution in [0.25, 0.3) is 111 Å². The van der Waals surface area contributed by atoms with E-state index >= 15 is 0 Å². The predicted octanol–water partition coefficient (Wildman–Crippen LogP) is 16.2. The third kappa shape index (κ3) is 6.04. The SMILES string of the molecule is c1ccc(-c2cccc(-c3cccc(-c4ccc(-c5cc(-c6ccccc6)ccc5-n5c6ccccc6c6ccc(-n7c8ccccc8c8ccccc87)cc65)cc4)c3)c2)cc1. The van der Waals surface area contributed by atoms with Gasteiger partial charge in [0.1, 0.15) is 0 Å². The zero-order valence-electron chi connectivity index (χ0n) is 34.0. The van der Waals surface area contributed by atoms with Gasteiger partial charge in [0.15, 0.2) is 0 Å². The van der Waals surface area contributed by atoms with Gasteiger partial charge in [-0.2, -0.15) is 0 Å². The lowest BCUT2D eigenvalue weighted by atomic mass is 9.94. The molecular formula is C60H40N2. The summed E-state index contributed by atoms with van der Waals surface area (Å²) in [5, 5.41) is 4.98. The van der Waals surface area contributed by atoms with E-state index in [-0.39, 0.29) is 0 Å². The van der Waals surface area contributed by atoms with Crippen molar-refractivity contribution in [2.24, 2.45) is 0 Å². The fourth-order valence-corrected chi connectivity index (χ4v) is 9.56. The van der Waals surface area contributed by atoms with E-state index in [2.05, 4.69) is 252 Å². The van der Waals surface area contributed by atoms with Crippen LogP contribution in [0.2, 0.25) is 0 Å². The highest BCUT2D eigenvalue weighted by molar-refractivity contribution is 6.12. The summed E-state index contributed by atoms with van der Waals surface area (Å²) in [4.78, 5) is 0. The molecule has 12 aromatic rings. The summed E-state index contributed by atoms with van der Waals surface area (Å²) in [6.07, 6.45) is 0. The van der Waals surface area contributed by atoms with Crippen molar-refractivity contribution in [3.05, 3.63) is 243 Å². The van der Waals surface area contributed by atoms with Crippen molar-refractivity contribution in [2.45, 2.75) is 0 Å². The van der Waals surface area contributed by atoms with Crippen molar-refractivity contribution in [2.75, 3.05) is 0 Å². The van der Waals surface area contributed by atoms with Crippen molar-refractivity contribution < 1.29 is 0 Å². The lowest BCUT2D eigenvalue weighted by Gasteiger charge is -2.17. The molecule has 10 aromatic carbocycles. The van der Waals surface area contributed by atoms with Gasteiger partial charge in [-0.15, -0.1) is 0 Å². The van der Waals surface area contributed by atoms with Crippen LogP contribution in [0, 0.1) is 0 Å². The van der Waals surface area contributed by atoms with Gasteiger partial charge < -0.3 is 9.13 Å². The van der Waals surface area contributed by atoms with Gasteiger partial charge in [-0.1, -0.05) is 188 Å². The van der Waals surface area contributed by atoms with Crippen molar-refractivity contribution in [3.8, 4) is 67.0 Å². The van der Waals surface area contributed by atoms with E-state index in [1.807, 2.05) is 0 Å².